The molecule has 0 saturated carbocycles. The van der Waals surface area contributed by atoms with Crippen LogP contribution in [-0.4, -0.2) is 24.8 Å². The van der Waals surface area contributed by atoms with Crippen LogP contribution in [0.3, 0.4) is 0 Å². The quantitative estimate of drug-likeness (QED) is 0.624. The monoisotopic (exact) mass is 226 g/mol. The summed E-state index contributed by atoms with van der Waals surface area (Å²) >= 11 is 0. The van der Waals surface area contributed by atoms with E-state index in [0.717, 1.165) is 6.29 Å². The number of hydrogen-bond donors (Lipinski definition) is 1. The van der Waals surface area contributed by atoms with Crippen molar-refractivity contribution in [1.29, 1.82) is 0 Å². The molecular weight excluding hydrogens is 216 g/mol. The maximum Gasteiger partial charge on any atom is 0.353 e. The lowest BCUT2D eigenvalue weighted by molar-refractivity contribution is -0.121. The summed E-state index contributed by atoms with van der Waals surface area (Å²) in [4.78, 5) is 25.9. The highest BCUT2D eigenvalue weighted by Crippen LogP contribution is 2.47. The second-order valence-electron chi connectivity index (χ2n) is 3.72. The van der Waals surface area contributed by atoms with E-state index in [1.54, 1.807) is 30.3 Å². The molecule has 1 aliphatic rings. The Balaban J connectivity index is 2.40. The number of carbonyl (C=O) groups excluding carboxylic acids is 2. The van der Waals surface area contributed by atoms with Gasteiger partial charge in [0.25, 0.3) is 0 Å². The summed E-state index contributed by atoms with van der Waals surface area (Å²) in [5, 5.41) is 2.46. The first-order chi connectivity index (χ1) is 8.19. The van der Waals surface area contributed by atoms with Crippen LogP contribution in [0.25, 0.3) is 10.4 Å². The summed E-state index contributed by atoms with van der Waals surface area (Å²) in [7, 11) is 1.49. The molecule has 0 bridgehead atoms. The van der Waals surface area contributed by atoms with E-state index < -0.39 is 5.54 Å². The highest BCUT2D eigenvalue weighted by molar-refractivity contribution is 6.16. The Bertz CT molecular complexity index is 569. The number of carbonyl (C=O) groups is 2. The van der Waals surface area contributed by atoms with E-state index in [4.69, 9.17) is 6.57 Å². The van der Waals surface area contributed by atoms with E-state index in [2.05, 4.69) is 10.2 Å². The fraction of sp³-hybridized carbons (Fsp3) is 0.154. The molecule has 1 aromatic carbocycles. The largest absolute Gasteiger partial charge is 0.353 e. The SMILES string of the molecule is [C-]#[N+][C@@]1(C(=O)NC)C=C1c1ccccc1C=O. The second kappa shape index (κ2) is 3.87. The number of hydrogen-bond acceptors (Lipinski definition) is 2. The zero-order valence-electron chi connectivity index (χ0n) is 9.23. The molecule has 1 atom stereocenters. The molecule has 4 nitrogen and oxygen atoms in total. The fourth-order valence-corrected chi connectivity index (χ4v) is 1.82. The number of aldehydes is 1. The summed E-state index contributed by atoms with van der Waals surface area (Å²) in [5.41, 5.74) is 0.540. The Morgan fingerprint density at radius 2 is 2.18 bits per heavy atom. The highest BCUT2D eigenvalue weighted by atomic mass is 16.2. The minimum atomic E-state index is -1.21. The Hall–Kier alpha value is -2.41. The van der Waals surface area contributed by atoms with Crippen LogP contribution in [0.2, 0.25) is 0 Å². The van der Waals surface area contributed by atoms with Crippen LogP contribution >= 0.6 is 0 Å². The molecular formula is C13H10N2O2. The summed E-state index contributed by atoms with van der Waals surface area (Å²) in [6.45, 7) is 7.13. The third-order valence-corrected chi connectivity index (χ3v) is 2.81. The summed E-state index contributed by atoms with van der Waals surface area (Å²) in [6.07, 6.45) is 2.31. The first kappa shape index (κ1) is 11.1. The van der Waals surface area contributed by atoms with Crippen LogP contribution in [0.15, 0.2) is 30.3 Å². The van der Waals surface area contributed by atoms with Crippen LogP contribution in [0.5, 0.6) is 0 Å². The molecule has 0 aromatic heterocycles. The maximum atomic E-state index is 11.6. The molecule has 17 heavy (non-hydrogen) atoms. The number of likely N-dealkylation sites (N-methyl/N-ethyl adjacent to an activating group) is 1. The number of nitrogens with zero attached hydrogens (tertiary/aromatic N) is 1. The number of benzene rings is 1. The molecule has 0 unspecified atom stereocenters. The molecule has 2 rings (SSSR count). The molecule has 1 aliphatic carbocycles. The lowest BCUT2D eigenvalue weighted by atomic mass is 10.0. The highest BCUT2D eigenvalue weighted by Gasteiger charge is 2.59. The normalized spacial score (nSPS) is 21.1. The van der Waals surface area contributed by atoms with Gasteiger partial charge < -0.3 is 5.32 Å². The maximum absolute atomic E-state index is 11.6. The summed E-state index contributed by atoms with van der Waals surface area (Å²) in [6, 6.07) is 6.93. The van der Waals surface area contributed by atoms with Gasteiger partial charge in [-0.15, -0.1) is 0 Å². The van der Waals surface area contributed by atoms with Crippen LogP contribution in [0.1, 0.15) is 15.9 Å². The Kier molecular flexibility index (Phi) is 2.52. The first-order valence-electron chi connectivity index (χ1n) is 5.08. The van der Waals surface area contributed by atoms with Crippen molar-refractivity contribution in [2.75, 3.05) is 7.05 Å². The van der Waals surface area contributed by atoms with Crippen molar-refractivity contribution in [2.45, 2.75) is 5.54 Å². The average Bonchev–Trinajstić information content (AvgIpc) is 3.13. The van der Waals surface area contributed by atoms with Gasteiger partial charge in [0.2, 0.25) is 0 Å². The topological polar surface area (TPSA) is 50.5 Å². The van der Waals surface area contributed by atoms with Crippen LogP contribution in [0.4, 0.5) is 0 Å². The standard InChI is InChI=1S/C13H10N2O2/c1-14-12(17)13(15-2)7-11(13)10-6-4-3-5-9(10)8-16/h3-8H,1H3,(H,14,17)/t13-/m0/s1. The molecule has 84 valence electrons. The molecule has 4 heteroatoms. The van der Waals surface area contributed by atoms with Crippen LogP contribution in [0, 0.1) is 6.57 Å². The number of amides is 1. The van der Waals surface area contributed by atoms with Gasteiger partial charge in [-0.2, -0.15) is 0 Å². The minimum absolute atomic E-state index is 0.358. The summed E-state index contributed by atoms with van der Waals surface area (Å²) in [5.74, 6) is -0.358. The van der Waals surface area contributed by atoms with Crippen LogP contribution < -0.4 is 5.32 Å². The van der Waals surface area contributed by atoms with Crippen molar-refractivity contribution in [1.82, 2.24) is 5.32 Å². The second-order valence-corrected chi connectivity index (χ2v) is 3.72. The molecule has 0 aliphatic heterocycles. The van der Waals surface area contributed by atoms with Crippen molar-refractivity contribution >= 4 is 17.8 Å². The van der Waals surface area contributed by atoms with E-state index in [-0.39, 0.29) is 5.91 Å². The lowest BCUT2D eigenvalue weighted by Crippen LogP contribution is -2.33. The third-order valence-electron chi connectivity index (χ3n) is 2.81. The molecule has 1 N–H and O–H groups in total. The summed E-state index contributed by atoms with van der Waals surface area (Å²) < 4.78 is 0. The van der Waals surface area contributed by atoms with Crippen molar-refractivity contribution < 1.29 is 9.59 Å². The molecule has 1 aromatic rings. The zero-order chi connectivity index (χ0) is 12.5. The first-order valence-corrected chi connectivity index (χ1v) is 5.08. The van der Waals surface area contributed by atoms with Gasteiger partial charge in [-0.25, -0.2) is 6.57 Å². The van der Waals surface area contributed by atoms with E-state index in [1.807, 2.05) is 0 Å². The Labute approximate surface area is 98.8 Å². The molecule has 0 radical (unpaired) electrons. The van der Waals surface area contributed by atoms with Crippen molar-refractivity contribution in [3.05, 3.63) is 52.9 Å². The lowest BCUT2D eigenvalue weighted by Gasteiger charge is -2.05. The predicted molar refractivity (Wildman–Crippen MR) is 63.2 cm³/mol. The number of rotatable bonds is 3. The molecule has 0 spiro atoms. The van der Waals surface area contributed by atoms with Gasteiger partial charge in [-0.3, -0.25) is 14.4 Å². The molecule has 1 amide bonds. The van der Waals surface area contributed by atoms with Crippen molar-refractivity contribution in [3.63, 3.8) is 0 Å². The van der Waals surface area contributed by atoms with E-state index in [0.29, 0.717) is 16.7 Å². The molecule has 0 fully saturated rings. The van der Waals surface area contributed by atoms with Crippen molar-refractivity contribution in [2.24, 2.45) is 0 Å². The number of nitrogens with one attached hydrogen (secondary N) is 1. The predicted octanol–water partition coefficient (Wildman–Crippen LogP) is 1.30. The third kappa shape index (κ3) is 1.53. The van der Waals surface area contributed by atoms with Crippen molar-refractivity contribution in [3.8, 4) is 0 Å². The van der Waals surface area contributed by atoms with Gasteiger partial charge in [0.1, 0.15) is 0 Å². The molecule has 0 heterocycles. The van der Waals surface area contributed by atoms with Crippen LogP contribution in [-0.2, 0) is 4.79 Å². The minimum Gasteiger partial charge on any atom is -0.352 e. The average molecular weight is 226 g/mol. The Morgan fingerprint density at radius 1 is 1.47 bits per heavy atom. The van der Waals surface area contributed by atoms with E-state index in [1.165, 1.54) is 7.05 Å². The fourth-order valence-electron chi connectivity index (χ4n) is 1.82. The Morgan fingerprint density at radius 3 is 2.76 bits per heavy atom. The molecule has 0 saturated heterocycles. The van der Waals surface area contributed by atoms with Gasteiger partial charge in [0.15, 0.2) is 6.29 Å². The zero-order valence-corrected chi connectivity index (χ0v) is 9.23. The van der Waals surface area contributed by atoms with E-state index in [9.17, 15) is 9.59 Å². The smallest absolute Gasteiger partial charge is 0.352 e. The van der Waals surface area contributed by atoms with Gasteiger partial charge in [0.05, 0.1) is 5.57 Å². The van der Waals surface area contributed by atoms with Gasteiger partial charge >= 0.3 is 11.4 Å². The van der Waals surface area contributed by atoms with Gasteiger partial charge in [-0.1, -0.05) is 24.3 Å². The van der Waals surface area contributed by atoms with Gasteiger partial charge in [0, 0.05) is 18.7 Å². The van der Waals surface area contributed by atoms with Gasteiger partial charge in [-0.05, 0) is 5.56 Å². The van der Waals surface area contributed by atoms with E-state index >= 15 is 0 Å².